The third-order valence-corrected chi connectivity index (χ3v) is 3.42. The molecule has 2 aromatic carbocycles. The van der Waals surface area contributed by atoms with Crippen molar-refractivity contribution in [3.8, 4) is 0 Å². The van der Waals surface area contributed by atoms with Crippen molar-refractivity contribution >= 4 is 5.96 Å². The predicted octanol–water partition coefficient (Wildman–Crippen LogP) is 2.71. The summed E-state index contributed by atoms with van der Waals surface area (Å²) in [6.45, 7) is 3.17. The van der Waals surface area contributed by atoms with Crippen molar-refractivity contribution in [3.63, 3.8) is 0 Å². The molecule has 0 saturated carbocycles. The predicted molar refractivity (Wildman–Crippen MR) is 90.4 cm³/mol. The van der Waals surface area contributed by atoms with E-state index in [1.165, 1.54) is 18.2 Å². The molecule has 0 heterocycles. The Kier molecular flexibility index (Phi) is 6.69. The minimum Gasteiger partial charge on any atom is -0.392 e. The van der Waals surface area contributed by atoms with Gasteiger partial charge >= 0.3 is 0 Å². The zero-order valence-corrected chi connectivity index (χ0v) is 13.5. The monoisotopic (exact) mass is 333 g/mol. The highest BCUT2D eigenvalue weighted by atomic mass is 19.1. The number of benzene rings is 2. The van der Waals surface area contributed by atoms with Crippen molar-refractivity contribution in [2.75, 3.05) is 6.54 Å². The minimum absolute atomic E-state index is 0.256. The van der Waals surface area contributed by atoms with Crippen LogP contribution in [0.1, 0.15) is 23.6 Å². The molecule has 2 rings (SSSR count). The standard InChI is InChI=1S/C18H21F2N3O/c1-2-21-18(22-10-13-3-6-16(19)7-4-13)23-11-14-5-8-17(20)15(9-14)12-24/h3-9,24H,2,10-12H2,1H3,(H2,21,22,23). The Morgan fingerprint density at radius 3 is 2.42 bits per heavy atom. The maximum Gasteiger partial charge on any atom is 0.191 e. The van der Waals surface area contributed by atoms with Gasteiger partial charge in [-0.25, -0.2) is 13.8 Å². The molecule has 0 saturated heterocycles. The number of aliphatic imine (C=N–C) groups is 1. The summed E-state index contributed by atoms with van der Waals surface area (Å²) in [5, 5.41) is 15.4. The van der Waals surface area contributed by atoms with E-state index in [1.54, 1.807) is 24.3 Å². The molecule has 0 fully saturated rings. The lowest BCUT2D eigenvalue weighted by molar-refractivity contribution is 0.275. The van der Waals surface area contributed by atoms with Gasteiger partial charge in [-0.15, -0.1) is 0 Å². The van der Waals surface area contributed by atoms with E-state index >= 15 is 0 Å². The summed E-state index contributed by atoms with van der Waals surface area (Å²) in [4.78, 5) is 4.44. The van der Waals surface area contributed by atoms with Gasteiger partial charge in [0.1, 0.15) is 11.6 Å². The molecule has 0 aliphatic carbocycles. The fourth-order valence-corrected chi connectivity index (χ4v) is 2.15. The van der Waals surface area contributed by atoms with E-state index in [9.17, 15) is 8.78 Å². The van der Waals surface area contributed by atoms with Crippen LogP contribution in [0.5, 0.6) is 0 Å². The van der Waals surface area contributed by atoms with E-state index in [-0.39, 0.29) is 18.0 Å². The molecule has 0 amide bonds. The lowest BCUT2D eigenvalue weighted by Gasteiger charge is -2.11. The maximum absolute atomic E-state index is 13.4. The third-order valence-electron chi connectivity index (χ3n) is 3.42. The van der Waals surface area contributed by atoms with Gasteiger partial charge in [-0.1, -0.05) is 18.2 Å². The largest absolute Gasteiger partial charge is 0.392 e. The normalized spacial score (nSPS) is 11.4. The number of nitrogens with one attached hydrogen (secondary N) is 2. The lowest BCUT2D eigenvalue weighted by Crippen LogP contribution is -2.36. The first-order valence-electron chi connectivity index (χ1n) is 7.77. The third kappa shape index (κ3) is 5.31. The summed E-state index contributed by atoms with van der Waals surface area (Å²) < 4.78 is 26.3. The maximum atomic E-state index is 13.4. The summed E-state index contributed by atoms with van der Waals surface area (Å²) in [5.41, 5.74) is 2.00. The minimum atomic E-state index is -0.424. The highest BCUT2D eigenvalue weighted by Gasteiger charge is 2.03. The van der Waals surface area contributed by atoms with Gasteiger partial charge in [-0.05, 0) is 42.3 Å². The van der Waals surface area contributed by atoms with Gasteiger partial charge in [-0.2, -0.15) is 0 Å². The molecule has 0 aromatic heterocycles. The molecular weight excluding hydrogens is 312 g/mol. The second-order valence-corrected chi connectivity index (χ2v) is 5.26. The molecule has 0 aliphatic heterocycles. The van der Waals surface area contributed by atoms with Gasteiger partial charge in [0, 0.05) is 18.7 Å². The fourth-order valence-electron chi connectivity index (χ4n) is 2.15. The van der Waals surface area contributed by atoms with Crippen LogP contribution in [0.3, 0.4) is 0 Å². The summed E-state index contributed by atoms with van der Waals surface area (Å²) in [6, 6.07) is 10.8. The zero-order valence-electron chi connectivity index (χ0n) is 13.5. The highest BCUT2D eigenvalue weighted by molar-refractivity contribution is 5.79. The van der Waals surface area contributed by atoms with Crippen molar-refractivity contribution in [1.82, 2.24) is 10.6 Å². The van der Waals surface area contributed by atoms with Crippen molar-refractivity contribution in [2.45, 2.75) is 26.6 Å². The van der Waals surface area contributed by atoms with E-state index in [4.69, 9.17) is 5.11 Å². The smallest absolute Gasteiger partial charge is 0.191 e. The van der Waals surface area contributed by atoms with E-state index in [1.807, 2.05) is 6.92 Å². The number of hydrogen-bond acceptors (Lipinski definition) is 2. The molecule has 6 heteroatoms. The first kappa shape index (κ1) is 17.9. The Morgan fingerprint density at radius 1 is 1.04 bits per heavy atom. The van der Waals surface area contributed by atoms with Gasteiger partial charge in [0.05, 0.1) is 13.2 Å². The molecule has 0 radical (unpaired) electrons. The summed E-state index contributed by atoms with van der Waals surface area (Å²) in [7, 11) is 0. The van der Waals surface area contributed by atoms with Gasteiger partial charge in [0.25, 0.3) is 0 Å². The van der Waals surface area contributed by atoms with E-state index < -0.39 is 5.82 Å². The average Bonchev–Trinajstić information content (AvgIpc) is 2.60. The Bertz CT molecular complexity index is 687. The van der Waals surface area contributed by atoms with E-state index in [0.29, 0.717) is 25.6 Å². The number of rotatable bonds is 6. The number of hydrogen-bond donors (Lipinski definition) is 3. The summed E-state index contributed by atoms with van der Waals surface area (Å²) in [6.07, 6.45) is 0. The molecule has 4 nitrogen and oxygen atoms in total. The molecule has 3 N–H and O–H groups in total. The quantitative estimate of drug-likeness (QED) is 0.563. The lowest BCUT2D eigenvalue weighted by atomic mass is 10.1. The van der Waals surface area contributed by atoms with Gasteiger partial charge in [-0.3, -0.25) is 0 Å². The Hall–Kier alpha value is -2.47. The first-order chi connectivity index (χ1) is 11.6. The van der Waals surface area contributed by atoms with Crippen LogP contribution in [0.15, 0.2) is 47.5 Å². The molecule has 0 bridgehead atoms. The van der Waals surface area contributed by atoms with Crippen molar-refractivity contribution in [1.29, 1.82) is 0 Å². The summed E-state index contributed by atoms with van der Waals surface area (Å²) >= 11 is 0. The van der Waals surface area contributed by atoms with Crippen molar-refractivity contribution in [3.05, 3.63) is 70.8 Å². The Balaban J connectivity index is 2.00. The highest BCUT2D eigenvalue weighted by Crippen LogP contribution is 2.11. The van der Waals surface area contributed by atoms with Crippen LogP contribution in [0, 0.1) is 11.6 Å². The van der Waals surface area contributed by atoms with E-state index in [0.717, 1.165) is 11.1 Å². The van der Waals surface area contributed by atoms with Crippen molar-refractivity contribution in [2.24, 2.45) is 4.99 Å². The second-order valence-electron chi connectivity index (χ2n) is 5.26. The van der Waals surface area contributed by atoms with Gasteiger partial charge in [0.2, 0.25) is 0 Å². The molecule has 128 valence electrons. The second kappa shape index (κ2) is 8.98. The SMILES string of the molecule is CCNC(=NCc1ccc(F)c(CO)c1)NCc1ccc(F)cc1. The Morgan fingerprint density at radius 2 is 1.75 bits per heavy atom. The average molecular weight is 333 g/mol. The molecule has 0 unspecified atom stereocenters. The first-order valence-corrected chi connectivity index (χ1v) is 7.77. The topological polar surface area (TPSA) is 56.7 Å². The zero-order chi connectivity index (χ0) is 17.4. The number of nitrogens with zero attached hydrogens (tertiary/aromatic N) is 1. The van der Waals surface area contributed by atoms with Gasteiger partial charge in [0.15, 0.2) is 5.96 Å². The number of guanidine groups is 1. The molecule has 2 aromatic rings. The van der Waals surface area contributed by atoms with Crippen LogP contribution >= 0.6 is 0 Å². The fraction of sp³-hybridized carbons (Fsp3) is 0.278. The van der Waals surface area contributed by atoms with Crippen LogP contribution in [0.25, 0.3) is 0 Å². The summed E-state index contributed by atoms with van der Waals surface area (Å²) in [5.74, 6) is -0.0846. The number of aliphatic hydroxyl groups is 1. The van der Waals surface area contributed by atoms with Crippen LogP contribution in [0.4, 0.5) is 8.78 Å². The number of aliphatic hydroxyl groups excluding tert-OH is 1. The van der Waals surface area contributed by atoms with Crippen LogP contribution < -0.4 is 10.6 Å². The van der Waals surface area contributed by atoms with Crippen molar-refractivity contribution < 1.29 is 13.9 Å². The molecule has 0 aliphatic rings. The van der Waals surface area contributed by atoms with Crippen LogP contribution in [0.2, 0.25) is 0 Å². The Labute approximate surface area is 140 Å². The molecular formula is C18H21F2N3O. The molecule has 24 heavy (non-hydrogen) atoms. The van der Waals surface area contributed by atoms with Crippen LogP contribution in [-0.2, 0) is 19.7 Å². The number of halogens is 2. The van der Waals surface area contributed by atoms with E-state index in [2.05, 4.69) is 15.6 Å². The van der Waals surface area contributed by atoms with Crippen LogP contribution in [-0.4, -0.2) is 17.6 Å². The molecule has 0 atom stereocenters. The van der Waals surface area contributed by atoms with Gasteiger partial charge < -0.3 is 15.7 Å². The molecule has 0 spiro atoms.